The highest BCUT2D eigenvalue weighted by Crippen LogP contribution is 2.21. The average Bonchev–Trinajstić information content (AvgIpc) is 2.41. The molecule has 0 atom stereocenters. The number of methoxy groups -OCH3 is 1. The van der Waals surface area contributed by atoms with Gasteiger partial charge in [0, 0.05) is 17.8 Å². The molecule has 1 amide bonds. The normalized spacial score (nSPS) is 22.6. The summed E-state index contributed by atoms with van der Waals surface area (Å²) in [7, 11) is 1.59. The van der Waals surface area contributed by atoms with Crippen LogP contribution < -0.4 is 15.8 Å². The molecule has 1 aromatic rings. The van der Waals surface area contributed by atoms with Crippen molar-refractivity contribution in [1.29, 1.82) is 0 Å². The summed E-state index contributed by atoms with van der Waals surface area (Å²) in [5.74, 6) is 0.696. The Morgan fingerprint density at radius 2 is 2.05 bits per heavy atom. The second kappa shape index (κ2) is 6.43. The monoisotopic (exact) mass is 264 g/mol. The zero-order valence-corrected chi connectivity index (χ0v) is 11.1. The standard InChI is InChI=1S/C14H20N2O3/c1-18-13-4-2-3-11(9-13)16-14(17)19-12-7-5-10(15)6-8-12/h2-4,9-10,12H,5-8,15H2,1H3,(H,16,17). The van der Waals surface area contributed by atoms with Crippen molar-refractivity contribution >= 4 is 11.8 Å². The molecule has 104 valence electrons. The zero-order valence-electron chi connectivity index (χ0n) is 11.1. The number of benzene rings is 1. The molecule has 5 heteroatoms. The molecule has 1 saturated carbocycles. The summed E-state index contributed by atoms with van der Waals surface area (Å²) >= 11 is 0. The minimum Gasteiger partial charge on any atom is -0.497 e. The van der Waals surface area contributed by atoms with Gasteiger partial charge in [-0.1, -0.05) is 6.07 Å². The van der Waals surface area contributed by atoms with Crippen LogP contribution in [0.25, 0.3) is 0 Å². The Labute approximate surface area is 113 Å². The third kappa shape index (κ3) is 4.13. The molecular weight excluding hydrogens is 244 g/mol. The summed E-state index contributed by atoms with van der Waals surface area (Å²) < 4.78 is 10.5. The molecule has 1 aliphatic rings. The van der Waals surface area contributed by atoms with Crippen LogP contribution in [0.1, 0.15) is 25.7 Å². The molecule has 2 rings (SSSR count). The van der Waals surface area contributed by atoms with E-state index in [1.54, 1.807) is 19.2 Å². The van der Waals surface area contributed by atoms with Gasteiger partial charge in [0.25, 0.3) is 0 Å². The second-order valence-electron chi connectivity index (χ2n) is 4.80. The van der Waals surface area contributed by atoms with Crippen LogP contribution in [0.15, 0.2) is 24.3 Å². The number of amides is 1. The van der Waals surface area contributed by atoms with Crippen molar-refractivity contribution in [2.75, 3.05) is 12.4 Å². The summed E-state index contributed by atoms with van der Waals surface area (Å²) in [6, 6.07) is 7.42. The predicted octanol–water partition coefficient (Wildman–Crippen LogP) is 2.51. The van der Waals surface area contributed by atoms with E-state index in [0.29, 0.717) is 11.4 Å². The maximum absolute atomic E-state index is 11.8. The maximum atomic E-state index is 11.8. The Bertz CT molecular complexity index is 428. The number of ether oxygens (including phenoxy) is 2. The van der Waals surface area contributed by atoms with Gasteiger partial charge in [0.05, 0.1) is 7.11 Å². The first-order chi connectivity index (χ1) is 9.17. The highest BCUT2D eigenvalue weighted by atomic mass is 16.6. The zero-order chi connectivity index (χ0) is 13.7. The largest absolute Gasteiger partial charge is 0.497 e. The van der Waals surface area contributed by atoms with E-state index in [1.165, 1.54) is 0 Å². The van der Waals surface area contributed by atoms with Crippen molar-refractivity contribution in [2.24, 2.45) is 5.73 Å². The fourth-order valence-electron chi connectivity index (χ4n) is 2.21. The molecule has 0 heterocycles. The molecule has 0 aromatic heterocycles. The summed E-state index contributed by atoms with van der Waals surface area (Å²) in [4.78, 5) is 11.8. The number of anilines is 1. The summed E-state index contributed by atoms with van der Waals surface area (Å²) in [6.45, 7) is 0. The lowest BCUT2D eigenvalue weighted by Gasteiger charge is -2.25. The van der Waals surface area contributed by atoms with Crippen molar-refractivity contribution in [3.8, 4) is 5.75 Å². The molecule has 0 spiro atoms. The summed E-state index contributed by atoms with van der Waals surface area (Å²) in [5.41, 5.74) is 6.48. The molecule has 0 aliphatic heterocycles. The van der Waals surface area contributed by atoms with Gasteiger partial charge in [-0.3, -0.25) is 5.32 Å². The fourth-order valence-corrected chi connectivity index (χ4v) is 2.21. The lowest BCUT2D eigenvalue weighted by Crippen LogP contribution is -2.32. The number of hydrogen-bond acceptors (Lipinski definition) is 4. The predicted molar refractivity (Wildman–Crippen MR) is 73.3 cm³/mol. The van der Waals surface area contributed by atoms with Crippen LogP contribution in [-0.2, 0) is 4.74 Å². The molecular formula is C14H20N2O3. The summed E-state index contributed by atoms with van der Waals surface area (Å²) in [5, 5.41) is 2.70. The molecule has 5 nitrogen and oxygen atoms in total. The van der Waals surface area contributed by atoms with Gasteiger partial charge in [-0.25, -0.2) is 4.79 Å². The number of carbonyl (C=O) groups excluding carboxylic acids is 1. The van der Waals surface area contributed by atoms with Crippen molar-refractivity contribution < 1.29 is 14.3 Å². The van der Waals surface area contributed by atoms with Crippen molar-refractivity contribution in [3.63, 3.8) is 0 Å². The van der Waals surface area contributed by atoms with Gasteiger partial charge in [-0.2, -0.15) is 0 Å². The Kier molecular flexibility index (Phi) is 4.63. The Hall–Kier alpha value is -1.75. The van der Waals surface area contributed by atoms with Crippen LogP contribution in [0.5, 0.6) is 5.75 Å². The highest BCUT2D eigenvalue weighted by molar-refractivity contribution is 5.84. The van der Waals surface area contributed by atoms with Crippen LogP contribution in [0.4, 0.5) is 10.5 Å². The molecule has 19 heavy (non-hydrogen) atoms. The number of nitrogens with one attached hydrogen (secondary N) is 1. The van der Waals surface area contributed by atoms with E-state index in [2.05, 4.69) is 5.32 Å². The van der Waals surface area contributed by atoms with E-state index in [-0.39, 0.29) is 12.1 Å². The molecule has 0 radical (unpaired) electrons. The number of hydrogen-bond donors (Lipinski definition) is 2. The van der Waals surface area contributed by atoms with E-state index in [9.17, 15) is 4.79 Å². The van der Waals surface area contributed by atoms with Gasteiger partial charge in [0.15, 0.2) is 0 Å². The Morgan fingerprint density at radius 1 is 1.32 bits per heavy atom. The number of rotatable bonds is 3. The SMILES string of the molecule is COc1cccc(NC(=O)OC2CCC(N)CC2)c1. The lowest BCUT2D eigenvalue weighted by molar-refractivity contribution is 0.0826. The van der Waals surface area contributed by atoms with Crippen molar-refractivity contribution in [1.82, 2.24) is 0 Å². The first-order valence-electron chi connectivity index (χ1n) is 6.54. The van der Waals surface area contributed by atoms with E-state index in [0.717, 1.165) is 25.7 Å². The first-order valence-corrected chi connectivity index (χ1v) is 6.54. The topological polar surface area (TPSA) is 73.6 Å². The van der Waals surface area contributed by atoms with Crippen LogP contribution in [0, 0.1) is 0 Å². The van der Waals surface area contributed by atoms with Gasteiger partial charge in [0.1, 0.15) is 11.9 Å². The van der Waals surface area contributed by atoms with Crippen LogP contribution >= 0.6 is 0 Å². The molecule has 1 aliphatic carbocycles. The highest BCUT2D eigenvalue weighted by Gasteiger charge is 2.21. The Morgan fingerprint density at radius 3 is 2.74 bits per heavy atom. The molecule has 1 fully saturated rings. The molecule has 0 bridgehead atoms. The van der Waals surface area contributed by atoms with Gasteiger partial charge >= 0.3 is 6.09 Å². The first kappa shape index (κ1) is 13.7. The van der Waals surface area contributed by atoms with Crippen molar-refractivity contribution in [2.45, 2.75) is 37.8 Å². The minimum atomic E-state index is -0.422. The van der Waals surface area contributed by atoms with Crippen LogP contribution in [-0.4, -0.2) is 25.3 Å². The third-order valence-corrected chi connectivity index (χ3v) is 3.31. The van der Waals surface area contributed by atoms with Gasteiger partial charge in [0.2, 0.25) is 0 Å². The molecule has 0 unspecified atom stereocenters. The van der Waals surface area contributed by atoms with Crippen LogP contribution in [0.2, 0.25) is 0 Å². The number of carbonyl (C=O) groups is 1. The van der Waals surface area contributed by atoms with Crippen LogP contribution in [0.3, 0.4) is 0 Å². The van der Waals surface area contributed by atoms with Gasteiger partial charge in [-0.15, -0.1) is 0 Å². The van der Waals surface area contributed by atoms with E-state index in [4.69, 9.17) is 15.2 Å². The minimum absolute atomic E-state index is 0.0228. The Balaban J connectivity index is 1.83. The van der Waals surface area contributed by atoms with E-state index >= 15 is 0 Å². The van der Waals surface area contributed by atoms with Gasteiger partial charge < -0.3 is 15.2 Å². The van der Waals surface area contributed by atoms with Gasteiger partial charge in [-0.05, 0) is 37.8 Å². The molecule has 3 N–H and O–H groups in total. The maximum Gasteiger partial charge on any atom is 0.411 e. The van der Waals surface area contributed by atoms with Crippen molar-refractivity contribution in [3.05, 3.63) is 24.3 Å². The molecule has 0 saturated heterocycles. The second-order valence-corrected chi connectivity index (χ2v) is 4.80. The molecule has 1 aromatic carbocycles. The fraction of sp³-hybridized carbons (Fsp3) is 0.500. The average molecular weight is 264 g/mol. The smallest absolute Gasteiger partial charge is 0.411 e. The summed E-state index contributed by atoms with van der Waals surface area (Å²) in [6.07, 6.45) is 3.06. The third-order valence-electron chi connectivity index (χ3n) is 3.31. The number of nitrogens with two attached hydrogens (primary N) is 1. The van der Waals surface area contributed by atoms with E-state index in [1.807, 2.05) is 12.1 Å². The lowest BCUT2D eigenvalue weighted by atomic mass is 9.94. The van der Waals surface area contributed by atoms with E-state index < -0.39 is 6.09 Å². The quantitative estimate of drug-likeness (QED) is 0.879.